The lowest BCUT2D eigenvalue weighted by molar-refractivity contribution is 0.585. The lowest BCUT2D eigenvalue weighted by Gasteiger charge is -2.17. The van der Waals surface area contributed by atoms with Crippen molar-refractivity contribution in [3.63, 3.8) is 0 Å². The van der Waals surface area contributed by atoms with Crippen LogP contribution in [0.1, 0.15) is 52.3 Å². The molecule has 0 fully saturated rings. The zero-order valence-electron chi connectivity index (χ0n) is 23.2. The minimum absolute atomic E-state index is 0.311. The Hall–Kier alpha value is -3.53. The molecule has 0 aliphatic heterocycles. The maximum absolute atomic E-state index is 13.8. The van der Waals surface area contributed by atoms with Gasteiger partial charge >= 0.3 is 0 Å². The Morgan fingerprint density at radius 3 is 2.16 bits per heavy atom. The van der Waals surface area contributed by atoms with E-state index < -0.39 is 11.6 Å². The summed E-state index contributed by atoms with van der Waals surface area (Å²) in [5.74, 6) is 0.111. The van der Waals surface area contributed by atoms with Crippen molar-refractivity contribution in [1.82, 2.24) is 10.3 Å². The monoisotopic (exact) mass is 504 g/mol. The Bertz CT molecular complexity index is 1130. The van der Waals surface area contributed by atoms with Gasteiger partial charge in [-0.1, -0.05) is 76.2 Å². The summed E-state index contributed by atoms with van der Waals surface area (Å²) in [5, 5.41) is 3.33. The van der Waals surface area contributed by atoms with E-state index in [1.165, 1.54) is 23.4 Å². The van der Waals surface area contributed by atoms with Crippen molar-refractivity contribution in [2.75, 3.05) is 7.05 Å². The van der Waals surface area contributed by atoms with Crippen LogP contribution in [0.15, 0.2) is 103 Å². The average molecular weight is 505 g/mol. The number of halogens is 2. The summed E-state index contributed by atoms with van der Waals surface area (Å²) < 4.78 is 26.8. The number of aromatic nitrogens is 1. The third-order valence-electron chi connectivity index (χ3n) is 5.47. The Morgan fingerprint density at radius 2 is 1.62 bits per heavy atom. The molecule has 37 heavy (non-hydrogen) atoms. The van der Waals surface area contributed by atoms with Gasteiger partial charge in [0.05, 0.1) is 5.69 Å². The summed E-state index contributed by atoms with van der Waals surface area (Å²) in [6, 6.07) is 18.9. The van der Waals surface area contributed by atoms with E-state index in [2.05, 4.69) is 70.2 Å². The quantitative estimate of drug-likeness (QED) is 0.244. The van der Waals surface area contributed by atoms with Crippen molar-refractivity contribution in [1.29, 1.82) is 0 Å². The van der Waals surface area contributed by atoms with E-state index in [1.54, 1.807) is 6.07 Å². The van der Waals surface area contributed by atoms with Gasteiger partial charge < -0.3 is 5.32 Å². The predicted octanol–water partition coefficient (Wildman–Crippen LogP) is 9.16. The van der Waals surface area contributed by atoms with E-state index in [0.29, 0.717) is 29.5 Å². The van der Waals surface area contributed by atoms with Gasteiger partial charge in [-0.2, -0.15) is 0 Å². The summed E-state index contributed by atoms with van der Waals surface area (Å²) >= 11 is 0. The van der Waals surface area contributed by atoms with E-state index >= 15 is 0 Å². The molecule has 0 radical (unpaired) electrons. The van der Waals surface area contributed by atoms with Crippen LogP contribution in [0.3, 0.4) is 0 Å². The van der Waals surface area contributed by atoms with Gasteiger partial charge in [0.2, 0.25) is 0 Å². The van der Waals surface area contributed by atoms with Crippen molar-refractivity contribution >= 4 is 0 Å². The fourth-order valence-corrected chi connectivity index (χ4v) is 3.82. The molecular formula is C33H42F2N2. The van der Waals surface area contributed by atoms with Crippen molar-refractivity contribution in [3.8, 4) is 11.3 Å². The Morgan fingerprint density at radius 1 is 0.946 bits per heavy atom. The van der Waals surface area contributed by atoms with Gasteiger partial charge in [-0.25, -0.2) is 8.78 Å². The molecule has 0 amide bonds. The van der Waals surface area contributed by atoms with Crippen molar-refractivity contribution in [2.24, 2.45) is 11.8 Å². The lowest BCUT2D eigenvalue weighted by atomic mass is 9.96. The number of hydrogen-bond acceptors (Lipinski definition) is 2. The van der Waals surface area contributed by atoms with Gasteiger partial charge in [-0.15, -0.1) is 13.2 Å². The molecule has 3 rings (SSSR count). The predicted molar refractivity (Wildman–Crippen MR) is 155 cm³/mol. The smallest absolute Gasteiger partial charge is 0.135 e. The topological polar surface area (TPSA) is 24.9 Å². The normalized spacial score (nSPS) is 11.4. The molecule has 0 atom stereocenters. The minimum atomic E-state index is -0.598. The summed E-state index contributed by atoms with van der Waals surface area (Å²) in [6.07, 6.45) is 6.15. The molecular weight excluding hydrogens is 462 g/mol. The van der Waals surface area contributed by atoms with Crippen LogP contribution in [-0.2, 0) is 6.42 Å². The molecule has 0 aliphatic carbocycles. The summed E-state index contributed by atoms with van der Waals surface area (Å²) in [7, 11) is 2.02. The minimum Gasteiger partial charge on any atom is -0.391 e. The van der Waals surface area contributed by atoms with E-state index in [-0.39, 0.29) is 0 Å². The zero-order chi connectivity index (χ0) is 27.8. The van der Waals surface area contributed by atoms with Crippen molar-refractivity contribution < 1.29 is 8.78 Å². The second-order valence-electron chi connectivity index (χ2n) is 9.24. The molecule has 1 aromatic heterocycles. The number of rotatable bonds is 8. The molecule has 1 heterocycles. The number of nitrogens with one attached hydrogen (secondary N) is 1. The molecule has 2 nitrogen and oxygen atoms in total. The van der Waals surface area contributed by atoms with Gasteiger partial charge in [0.25, 0.3) is 0 Å². The molecule has 0 aliphatic rings. The maximum Gasteiger partial charge on any atom is 0.135 e. The fraction of sp³-hybridized carbons (Fsp3) is 0.303. The van der Waals surface area contributed by atoms with Crippen LogP contribution in [0.2, 0.25) is 0 Å². The van der Waals surface area contributed by atoms with E-state index in [9.17, 15) is 8.78 Å². The molecule has 1 N–H and O–H groups in total. The SMILES string of the molecule is C/C=C\C(=C(/CC(C)C)NC)C(C)C.C=C.Fc1ccc(-c2cccc(Cc3ccccc3)n2)c(F)c1. The van der Waals surface area contributed by atoms with Crippen LogP contribution < -0.4 is 5.32 Å². The number of hydrogen-bond donors (Lipinski definition) is 1. The summed E-state index contributed by atoms with van der Waals surface area (Å²) in [6.45, 7) is 17.1. The lowest BCUT2D eigenvalue weighted by Crippen LogP contribution is -2.13. The molecule has 0 saturated carbocycles. The largest absolute Gasteiger partial charge is 0.391 e. The highest BCUT2D eigenvalue weighted by molar-refractivity contribution is 5.60. The molecule has 3 aromatic rings. The van der Waals surface area contributed by atoms with E-state index in [0.717, 1.165) is 23.7 Å². The van der Waals surface area contributed by atoms with E-state index in [1.807, 2.05) is 49.5 Å². The molecule has 2 aromatic carbocycles. The number of nitrogens with zero attached hydrogens (tertiary/aromatic N) is 1. The number of benzene rings is 2. The van der Waals surface area contributed by atoms with Crippen LogP contribution >= 0.6 is 0 Å². The molecule has 0 saturated heterocycles. The van der Waals surface area contributed by atoms with E-state index in [4.69, 9.17) is 0 Å². The highest BCUT2D eigenvalue weighted by atomic mass is 19.1. The maximum atomic E-state index is 13.8. The average Bonchev–Trinajstić information content (AvgIpc) is 2.88. The highest BCUT2D eigenvalue weighted by Gasteiger charge is 2.09. The zero-order valence-corrected chi connectivity index (χ0v) is 23.2. The highest BCUT2D eigenvalue weighted by Crippen LogP contribution is 2.23. The summed E-state index contributed by atoms with van der Waals surface area (Å²) in [5.41, 5.74) is 5.63. The van der Waals surface area contributed by atoms with Gasteiger partial charge in [0, 0.05) is 36.5 Å². The van der Waals surface area contributed by atoms with Crippen LogP contribution in [-0.4, -0.2) is 12.0 Å². The number of pyridine rings is 1. The Balaban J connectivity index is 0.000000376. The molecule has 0 unspecified atom stereocenters. The van der Waals surface area contributed by atoms with Crippen LogP contribution in [0.25, 0.3) is 11.3 Å². The van der Waals surface area contributed by atoms with Crippen molar-refractivity contribution in [3.05, 3.63) is 126 Å². The number of allylic oxidation sites excluding steroid dienone is 4. The summed E-state index contributed by atoms with van der Waals surface area (Å²) in [4.78, 5) is 4.47. The van der Waals surface area contributed by atoms with Crippen LogP contribution in [0.4, 0.5) is 8.78 Å². The standard InChI is InChI=1S/C18H13F2N.C13H25N.C2H4/c19-14-9-10-16(17(20)12-14)18-8-4-7-15(21-18)11-13-5-2-1-3-6-13;1-7-8-12(11(4)5)13(14-6)9-10(2)3;1-2/h1-10,12H,11H2;7-8,10-11,14H,9H2,1-6H3;1-2H2/b;8-7-,13-12-;. The van der Waals surface area contributed by atoms with Gasteiger partial charge in [-0.05, 0) is 60.6 Å². The fourth-order valence-electron chi connectivity index (χ4n) is 3.82. The molecule has 0 bridgehead atoms. The van der Waals surface area contributed by atoms with Crippen molar-refractivity contribution in [2.45, 2.75) is 47.5 Å². The first-order valence-corrected chi connectivity index (χ1v) is 12.7. The van der Waals surface area contributed by atoms with Gasteiger partial charge in [-0.3, -0.25) is 4.98 Å². The third-order valence-corrected chi connectivity index (χ3v) is 5.47. The first-order valence-electron chi connectivity index (χ1n) is 12.7. The van der Waals surface area contributed by atoms with Gasteiger partial charge in [0.1, 0.15) is 11.6 Å². The Kier molecular flexibility index (Phi) is 14.5. The second-order valence-corrected chi connectivity index (χ2v) is 9.24. The van der Waals surface area contributed by atoms with Gasteiger partial charge in [0.15, 0.2) is 0 Å². The first kappa shape index (κ1) is 31.5. The molecule has 0 spiro atoms. The second kappa shape index (κ2) is 17.0. The third kappa shape index (κ3) is 10.9. The molecule has 198 valence electrons. The molecule has 4 heteroatoms. The van der Waals surface area contributed by atoms with Crippen LogP contribution in [0.5, 0.6) is 0 Å². The Labute approximate surface area is 222 Å². The first-order chi connectivity index (χ1) is 17.7. The van der Waals surface area contributed by atoms with Crippen LogP contribution in [0, 0.1) is 23.5 Å².